The summed E-state index contributed by atoms with van der Waals surface area (Å²) in [4.78, 5) is 16.7. The van der Waals surface area contributed by atoms with Crippen molar-refractivity contribution in [3.8, 4) is 0 Å². The van der Waals surface area contributed by atoms with E-state index in [1.807, 2.05) is 7.05 Å². The van der Waals surface area contributed by atoms with E-state index in [0.717, 1.165) is 32.6 Å². The molecule has 1 aromatic carbocycles. The van der Waals surface area contributed by atoms with Gasteiger partial charge in [-0.3, -0.25) is 4.90 Å². The van der Waals surface area contributed by atoms with Crippen LogP contribution in [0.4, 0.5) is 4.79 Å². The van der Waals surface area contributed by atoms with Gasteiger partial charge in [0.1, 0.15) is 0 Å². The van der Waals surface area contributed by atoms with E-state index in [1.165, 1.54) is 10.9 Å². The summed E-state index contributed by atoms with van der Waals surface area (Å²) in [6, 6.07) is 10.5. The molecule has 142 valence electrons. The van der Waals surface area contributed by atoms with Crippen LogP contribution in [0.15, 0.2) is 36.5 Å². The lowest BCUT2D eigenvalue weighted by molar-refractivity contribution is 0.167. The van der Waals surface area contributed by atoms with Crippen molar-refractivity contribution in [1.29, 1.82) is 0 Å². The summed E-state index contributed by atoms with van der Waals surface area (Å²) in [5.41, 5.74) is 1.43. The van der Waals surface area contributed by atoms with Crippen molar-refractivity contribution in [2.75, 3.05) is 33.2 Å². The van der Waals surface area contributed by atoms with Crippen molar-refractivity contribution in [2.45, 2.75) is 39.3 Å². The second kappa shape index (κ2) is 7.70. The lowest BCUT2D eigenvalue weighted by Gasteiger charge is -2.31. The molecular weight excluding hydrogens is 324 g/mol. The lowest BCUT2D eigenvalue weighted by Crippen LogP contribution is -2.42. The second-order valence-corrected chi connectivity index (χ2v) is 8.45. The highest BCUT2D eigenvalue weighted by Crippen LogP contribution is 2.23. The summed E-state index contributed by atoms with van der Waals surface area (Å²) in [6.07, 6.45) is 3.26. The maximum Gasteiger partial charge on any atom is 0.317 e. The molecule has 1 aliphatic rings. The van der Waals surface area contributed by atoms with Crippen LogP contribution >= 0.6 is 0 Å². The third-order valence-corrected chi connectivity index (χ3v) is 5.48. The van der Waals surface area contributed by atoms with E-state index in [-0.39, 0.29) is 11.6 Å². The predicted octanol–water partition coefficient (Wildman–Crippen LogP) is 3.40. The standard InChI is InChI=1S/C21H32N4O/c1-21(2,3)25-12-9-17(16-25)15-22-20(26)23(4)13-14-24-11-10-18-7-5-6-8-19(18)24/h5-8,10-11,17H,9,12-16H2,1-4H3,(H,22,26)/t17-/m1/s1. The normalized spacial score (nSPS) is 18.4. The van der Waals surface area contributed by atoms with Gasteiger partial charge >= 0.3 is 6.03 Å². The number of aromatic nitrogens is 1. The molecule has 1 fully saturated rings. The Kier molecular flexibility index (Phi) is 5.56. The minimum atomic E-state index is 0.0238. The fraction of sp³-hybridized carbons (Fsp3) is 0.571. The summed E-state index contributed by atoms with van der Waals surface area (Å²) in [5, 5.41) is 4.35. The molecule has 0 spiro atoms. The number of carbonyl (C=O) groups excluding carboxylic acids is 1. The Morgan fingerprint density at radius 2 is 2.04 bits per heavy atom. The first kappa shape index (κ1) is 18.8. The monoisotopic (exact) mass is 356 g/mol. The van der Waals surface area contributed by atoms with Gasteiger partial charge in [0.05, 0.1) is 0 Å². The average molecular weight is 357 g/mol. The zero-order chi connectivity index (χ0) is 18.7. The Hall–Kier alpha value is -2.01. The molecule has 2 aromatic rings. The van der Waals surface area contributed by atoms with E-state index in [1.54, 1.807) is 4.90 Å². The van der Waals surface area contributed by atoms with E-state index >= 15 is 0 Å². The van der Waals surface area contributed by atoms with E-state index in [0.29, 0.717) is 12.5 Å². The third-order valence-electron chi connectivity index (χ3n) is 5.48. The van der Waals surface area contributed by atoms with E-state index in [9.17, 15) is 4.79 Å². The third kappa shape index (κ3) is 4.39. The summed E-state index contributed by atoms with van der Waals surface area (Å²) in [5.74, 6) is 0.556. The largest absolute Gasteiger partial charge is 0.346 e. The van der Waals surface area contributed by atoms with Crippen LogP contribution in [0.3, 0.4) is 0 Å². The van der Waals surface area contributed by atoms with Crippen molar-refractivity contribution >= 4 is 16.9 Å². The molecular formula is C21H32N4O. The molecule has 0 unspecified atom stereocenters. The molecule has 0 saturated carbocycles. The summed E-state index contributed by atoms with van der Waals surface area (Å²) < 4.78 is 2.21. The maximum atomic E-state index is 12.4. The molecule has 1 aliphatic heterocycles. The fourth-order valence-corrected chi connectivity index (χ4v) is 3.67. The number of likely N-dealkylation sites (tertiary alicyclic amines) is 1. The molecule has 3 rings (SSSR count). The van der Waals surface area contributed by atoms with E-state index in [4.69, 9.17) is 0 Å². The molecule has 5 heteroatoms. The number of benzene rings is 1. The topological polar surface area (TPSA) is 40.5 Å². The molecule has 0 bridgehead atoms. The summed E-state index contributed by atoms with van der Waals surface area (Å²) in [6.45, 7) is 11.2. The van der Waals surface area contributed by atoms with Gasteiger partial charge in [0.15, 0.2) is 0 Å². The number of urea groups is 1. The molecule has 0 radical (unpaired) electrons. The highest BCUT2D eigenvalue weighted by molar-refractivity contribution is 5.80. The summed E-state index contributed by atoms with van der Waals surface area (Å²) >= 11 is 0. The Morgan fingerprint density at radius 1 is 1.27 bits per heavy atom. The zero-order valence-electron chi connectivity index (χ0n) is 16.5. The van der Waals surface area contributed by atoms with Crippen LogP contribution in [-0.4, -0.2) is 59.2 Å². The summed E-state index contributed by atoms with van der Waals surface area (Å²) in [7, 11) is 1.87. The molecule has 2 heterocycles. The van der Waals surface area contributed by atoms with Gasteiger partial charge < -0.3 is 14.8 Å². The maximum absolute atomic E-state index is 12.4. The number of nitrogens with one attached hydrogen (secondary N) is 1. The first-order valence-electron chi connectivity index (χ1n) is 9.62. The number of amides is 2. The fourth-order valence-electron chi connectivity index (χ4n) is 3.67. The molecule has 1 saturated heterocycles. The molecule has 26 heavy (non-hydrogen) atoms. The minimum Gasteiger partial charge on any atom is -0.346 e. The number of nitrogens with zero attached hydrogens (tertiary/aromatic N) is 3. The number of carbonyl (C=O) groups is 1. The quantitative estimate of drug-likeness (QED) is 0.892. The van der Waals surface area contributed by atoms with Gasteiger partial charge in [-0.2, -0.15) is 0 Å². The molecule has 1 atom stereocenters. The minimum absolute atomic E-state index is 0.0238. The highest BCUT2D eigenvalue weighted by Gasteiger charge is 2.30. The van der Waals surface area contributed by atoms with Gasteiger partial charge in [-0.15, -0.1) is 0 Å². The van der Waals surface area contributed by atoms with Crippen molar-refractivity contribution in [2.24, 2.45) is 5.92 Å². The molecule has 0 aliphatic carbocycles. The first-order valence-corrected chi connectivity index (χ1v) is 9.62. The number of fused-ring (bicyclic) bond motifs is 1. The van der Waals surface area contributed by atoms with Crippen LogP contribution in [0.5, 0.6) is 0 Å². The number of likely N-dealkylation sites (N-methyl/N-ethyl adjacent to an activating group) is 1. The predicted molar refractivity (Wildman–Crippen MR) is 107 cm³/mol. The Morgan fingerprint density at radius 3 is 2.77 bits per heavy atom. The molecule has 1 aromatic heterocycles. The number of rotatable bonds is 5. The SMILES string of the molecule is CN(CCn1ccc2ccccc21)C(=O)NC[C@H]1CCN(C(C)(C)C)C1. The van der Waals surface area contributed by atoms with Gasteiger partial charge in [0.25, 0.3) is 0 Å². The van der Waals surface area contributed by atoms with Gasteiger partial charge in [0, 0.05) is 50.5 Å². The lowest BCUT2D eigenvalue weighted by atomic mass is 10.1. The van der Waals surface area contributed by atoms with E-state index in [2.05, 4.69) is 72.1 Å². The van der Waals surface area contributed by atoms with Crippen LogP contribution in [0.25, 0.3) is 10.9 Å². The molecule has 5 nitrogen and oxygen atoms in total. The Bertz CT molecular complexity index is 746. The van der Waals surface area contributed by atoms with Crippen LogP contribution in [-0.2, 0) is 6.54 Å². The highest BCUT2D eigenvalue weighted by atomic mass is 16.2. The second-order valence-electron chi connectivity index (χ2n) is 8.45. The van der Waals surface area contributed by atoms with Crippen molar-refractivity contribution in [1.82, 2.24) is 19.7 Å². The Labute approximate surface area is 157 Å². The zero-order valence-corrected chi connectivity index (χ0v) is 16.5. The van der Waals surface area contributed by atoms with Gasteiger partial charge in [-0.05, 0) is 57.2 Å². The number of hydrogen-bond donors (Lipinski definition) is 1. The van der Waals surface area contributed by atoms with Crippen molar-refractivity contribution in [3.05, 3.63) is 36.5 Å². The molecule has 2 amide bonds. The van der Waals surface area contributed by atoms with Crippen molar-refractivity contribution in [3.63, 3.8) is 0 Å². The van der Waals surface area contributed by atoms with Gasteiger partial charge in [0.2, 0.25) is 0 Å². The smallest absolute Gasteiger partial charge is 0.317 e. The Balaban J connectivity index is 1.44. The van der Waals surface area contributed by atoms with Crippen LogP contribution in [0, 0.1) is 5.92 Å². The van der Waals surface area contributed by atoms with Crippen molar-refractivity contribution < 1.29 is 4.79 Å². The van der Waals surface area contributed by atoms with Gasteiger partial charge in [-0.1, -0.05) is 18.2 Å². The first-order chi connectivity index (χ1) is 12.3. The van der Waals surface area contributed by atoms with Crippen LogP contribution in [0.1, 0.15) is 27.2 Å². The number of para-hydroxylation sites is 1. The molecule has 1 N–H and O–H groups in total. The van der Waals surface area contributed by atoms with E-state index < -0.39 is 0 Å². The average Bonchev–Trinajstić information content (AvgIpc) is 3.24. The van der Waals surface area contributed by atoms with Crippen LogP contribution in [0.2, 0.25) is 0 Å². The number of hydrogen-bond acceptors (Lipinski definition) is 2. The van der Waals surface area contributed by atoms with Gasteiger partial charge in [-0.25, -0.2) is 4.79 Å². The van der Waals surface area contributed by atoms with Crippen LogP contribution < -0.4 is 5.32 Å².